The van der Waals surface area contributed by atoms with Crippen LogP contribution in [0, 0.1) is 5.82 Å². The van der Waals surface area contributed by atoms with Gasteiger partial charge in [0.1, 0.15) is 11.2 Å². The molecule has 1 aliphatic heterocycles. The van der Waals surface area contributed by atoms with E-state index in [4.69, 9.17) is 16.3 Å². The lowest BCUT2D eigenvalue weighted by molar-refractivity contribution is 0.407. The van der Waals surface area contributed by atoms with E-state index in [1.807, 2.05) is 4.90 Å². The maximum atomic E-state index is 15.0. The Labute approximate surface area is 148 Å². The van der Waals surface area contributed by atoms with Gasteiger partial charge < -0.3 is 21.2 Å². The summed E-state index contributed by atoms with van der Waals surface area (Å²) in [6.45, 7) is 1.12. The van der Waals surface area contributed by atoms with Crippen molar-refractivity contribution < 1.29 is 9.13 Å². The molecule has 0 radical (unpaired) electrons. The van der Waals surface area contributed by atoms with Gasteiger partial charge in [0.2, 0.25) is 0 Å². The van der Waals surface area contributed by atoms with Gasteiger partial charge in [-0.1, -0.05) is 0 Å². The lowest BCUT2D eigenvalue weighted by Gasteiger charge is -2.34. The second-order valence-electron chi connectivity index (χ2n) is 7.04. The quantitative estimate of drug-likeness (QED) is 0.759. The van der Waals surface area contributed by atoms with E-state index in [2.05, 4.69) is 0 Å². The highest BCUT2D eigenvalue weighted by Crippen LogP contribution is 2.42. The van der Waals surface area contributed by atoms with Gasteiger partial charge in [0.15, 0.2) is 11.6 Å². The highest BCUT2D eigenvalue weighted by atomic mass is 19.1. The minimum absolute atomic E-state index is 0.0402. The lowest BCUT2D eigenvalue weighted by Crippen LogP contribution is -2.45. The number of nitrogens with zero attached hydrogens (tertiary/aromatic N) is 3. The fourth-order valence-electron chi connectivity index (χ4n) is 3.81. The minimum atomic E-state index is -0.735. The number of piperidine rings is 1. The van der Waals surface area contributed by atoms with E-state index < -0.39 is 17.1 Å². The predicted octanol–water partition coefficient (Wildman–Crippen LogP) is 0.287. The predicted molar refractivity (Wildman–Crippen MR) is 96.8 cm³/mol. The number of aromatic nitrogens is 2. The normalized spacial score (nSPS) is 20.6. The van der Waals surface area contributed by atoms with Crippen molar-refractivity contribution in [3.05, 3.63) is 32.7 Å². The minimum Gasteiger partial charge on any atom is -0.492 e. The number of rotatable bonds is 3. The molecule has 26 heavy (non-hydrogen) atoms. The van der Waals surface area contributed by atoms with Gasteiger partial charge in [-0.15, -0.1) is 0 Å². The Balaban J connectivity index is 2.07. The highest BCUT2D eigenvalue weighted by molar-refractivity contribution is 5.91. The number of nitrogen functional groups attached to an aromatic ring is 1. The van der Waals surface area contributed by atoms with Crippen LogP contribution in [0.3, 0.4) is 0 Å². The van der Waals surface area contributed by atoms with E-state index >= 15 is 4.39 Å². The Morgan fingerprint density at radius 2 is 2.00 bits per heavy atom. The summed E-state index contributed by atoms with van der Waals surface area (Å²) in [7, 11) is 1.41. The third kappa shape index (κ3) is 2.45. The SMILES string of the molecule is COc1c(N2CCCC(N)C2)c(F)cc2c(=O)n(N)c(=O)n(C3CC3)c12. The summed E-state index contributed by atoms with van der Waals surface area (Å²) in [5.74, 6) is 5.24. The molecule has 2 fully saturated rings. The second kappa shape index (κ2) is 6.01. The Kier molecular flexibility index (Phi) is 3.91. The molecule has 1 aromatic carbocycles. The molecule has 2 aliphatic rings. The van der Waals surface area contributed by atoms with Gasteiger partial charge in [-0.05, 0) is 31.7 Å². The van der Waals surface area contributed by atoms with Crippen LogP contribution < -0.4 is 32.5 Å². The molecule has 1 aromatic heterocycles. The maximum Gasteiger partial charge on any atom is 0.350 e. The van der Waals surface area contributed by atoms with Gasteiger partial charge in [0.25, 0.3) is 5.56 Å². The van der Waals surface area contributed by atoms with Crippen molar-refractivity contribution in [3.63, 3.8) is 0 Å². The number of anilines is 1. The summed E-state index contributed by atoms with van der Waals surface area (Å²) in [5.41, 5.74) is 5.25. The summed E-state index contributed by atoms with van der Waals surface area (Å²) in [6, 6.07) is 1.03. The molecule has 1 aliphatic carbocycles. The van der Waals surface area contributed by atoms with Gasteiger partial charge in [-0.3, -0.25) is 9.36 Å². The first-order valence-electron chi connectivity index (χ1n) is 8.77. The van der Waals surface area contributed by atoms with Crippen molar-refractivity contribution in [2.24, 2.45) is 5.73 Å². The smallest absolute Gasteiger partial charge is 0.350 e. The van der Waals surface area contributed by atoms with Crippen molar-refractivity contribution in [2.45, 2.75) is 37.8 Å². The molecule has 0 amide bonds. The lowest BCUT2D eigenvalue weighted by atomic mass is 10.0. The standard InChI is InChI=1S/C17H22FN5O3/c1-26-15-13-11(16(24)23(20)17(25)22(13)10-4-5-10)7-12(18)14(15)21-6-2-3-9(19)8-21/h7,9-10H,2-6,8,19-20H2,1H3. The maximum absolute atomic E-state index is 15.0. The molecule has 2 aromatic rings. The van der Waals surface area contributed by atoms with Gasteiger partial charge in [-0.25, -0.2) is 9.18 Å². The first-order chi connectivity index (χ1) is 12.4. The molecule has 1 saturated carbocycles. The molecule has 4 N–H and O–H groups in total. The summed E-state index contributed by atoms with van der Waals surface area (Å²) < 4.78 is 22.5. The van der Waals surface area contributed by atoms with E-state index in [9.17, 15) is 9.59 Å². The van der Waals surface area contributed by atoms with Crippen molar-refractivity contribution in [3.8, 4) is 5.75 Å². The number of hydrogen-bond acceptors (Lipinski definition) is 6. The van der Waals surface area contributed by atoms with E-state index in [0.717, 1.165) is 31.7 Å². The fraction of sp³-hybridized carbons (Fsp3) is 0.529. The van der Waals surface area contributed by atoms with Crippen LogP contribution >= 0.6 is 0 Å². The second-order valence-corrected chi connectivity index (χ2v) is 7.04. The van der Waals surface area contributed by atoms with Crippen LogP contribution in [0.4, 0.5) is 10.1 Å². The van der Waals surface area contributed by atoms with E-state index in [1.54, 1.807) is 0 Å². The summed E-state index contributed by atoms with van der Waals surface area (Å²) >= 11 is 0. The topological polar surface area (TPSA) is 109 Å². The first-order valence-corrected chi connectivity index (χ1v) is 8.77. The molecular weight excluding hydrogens is 341 g/mol. The van der Waals surface area contributed by atoms with Crippen LogP contribution in [0.1, 0.15) is 31.7 Å². The number of benzene rings is 1. The van der Waals surface area contributed by atoms with Crippen LogP contribution in [0.2, 0.25) is 0 Å². The Morgan fingerprint density at radius 1 is 1.27 bits per heavy atom. The van der Waals surface area contributed by atoms with Crippen molar-refractivity contribution in [1.82, 2.24) is 9.24 Å². The van der Waals surface area contributed by atoms with Gasteiger partial charge in [-0.2, -0.15) is 4.68 Å². The van der Waals surface area contributed by atoms with Crippen LogP contribution in [-0.4, -0.2) is 35.5 Å². The molecule has 1 atom stereocenters. The third-order valence-electron chi connectivity index (χ3n) is 5.18. The van der Waals surface area contributed by atoms with Crippen molar-refractivity contribution >= 4 is 16.6 Å². The molecule has 0 spiro atoms. The van der Waals surface area contributed by atoms with Gasteiger partial charge in [0, 0.05) is 25.2 Å². The number of fused-ring (bicyclic) bond motifs is 1. The van der Waals surface area contributed by atoms with Crippen molar-refractivity contribution in [1.29, 1.82) is 0 Å². The summed E-state index contributed by atoms with van der Waals surface area (Å²) in [6.07, 6.45) is 3.32. The third-order valence-corrected chi connectivity index (χ3v) is 5.18. The summed E-state index contributed by atoms with van der Waals surface area (Å²) in [5, 5.41) is 0.0402. The molecular formula is C17H22FN5O3. The molecule has 2 heterocycles. The Bertz CT molecular complexity index is 995. The van der Waals surface area contributed by atoms with Gasteiger partial charge >= 0.3 is 5.69 Å². The Morgan fingerprint density at radius 3 is 2.62 bits per heavy atom. The van der Waals surface area contributed by atoms with Crippen LogP contribution in [0.25, 0.3) is 10.9 Å². The largest absolute Gasteiger partial charge is 0.492 e. The molecule has 0 bridgehead atoms. The molecule has 140 valence electrons. The average Bonchev–Trinajstić information content (AvgIpc) is 3.44. The zero-order valence-electron chi connectivity index (χ0n) is 14.6. The zero-order chi connectivity index (χ0) is 18.6. The zero-order valence-corrected chi connectivity index (χ0v) is 14.6. The molecule has 1 unspecified atom stereocenters. The molecule has 4 rings (SSSR count). The summed E-state index contributed by atoms with van der Waals surface area (Å²) in [4.78, 5) is 26.9. The molecule has 1 saturated heterocycles. The molecule has 8 nitrogen and oxygen atoms in total. The van der Waals surface area contributed by atoms with Crippen LogP contribution in [0.5, 0.6) is 5.75 Å². The molecule has 9 heteroatoms. The van der Waals surface area contributed by atoms with E-state index in [0.29, 0.717) is 23.3 Å². The van der Waals surface area contributed by atoms with E-state index in [1.165, 1.54) is 11.7 Å². The number of hydrogen-bond donors (Lipinski definition) is 2. The van der Waals surface area contributed by atoms with Gasteiger partial charge in [0.05, 0.1) is 12.5 Å². The fourth-order valence-corrected chi connectivity index (χ4v) is 3.81. The van der Waals surface area contributed by atoms with Crippen molar-refractivity contribution in [2.75, 3.05) is 30.9 Å². The van der Waals surface area contributed by atoms with Crippen LogP contribution in [-0.2, 0) is 0 Å². The number of nitrogens with two attached hydrogens (primary N) is 2. The number of halogens is 1. The van der Waals surface area contributed by atoms with E-state index in [-0.39, 0.29) is 28.9 Å². The highest BCUT2D eigenvalue weighted by Gasteiger charge is 2.33. The monoisotopic (exact) mass is 363 g/mol. The Hall–Kier alpha value is -2.55. The average molecular weight is 363 g/mol. The first kappa shape index (κ1) is 16.9. The number of methoxy groups -OCH3 is 1. The van der Waals surface area contributed by atoms with Crippen LogP contribution in [0.15, 0.2) is 15.7 Å². The number of ether oxygens (including phenoxy) is 1.